The number of hydrogen-bond donors (Lipinski definition) is 1. The molecular weight excluding hydrogens is 258 g/mol. The van der Waals surface area contributed by atoms with Gasteiger partial charge in [0.1, 0.15) is 0 Å². The van der Waals surface area contributed by atoms with Gasteiger partial charge >= 0.3 is 0 Å². The summed E-state index contributed by atoms with van der Waals surface area (Å²) in [6.45, 7) is 9.56. The van der Waals surface area contributed by atoms with Crippen molar-refractivity contribution >= 4 is 17.3 Å². The first-order chi connectivity index (χ1) is 9.15. The van der Waals surface area contributed by atoms with E-state index in [2.05, 4.69) is 41.8 Å². The van der Waals surface area contributed by atoms with E-state index >= 15 is 0 Å². The van der Waals surface area contributed by atoms with Crippen molar-refractivity contribution < 1.29 is 0 Å². The molecule has 1 unspecified atom stereocenters. The van der Waals surface area contributed by atoms with Gasteiger partial charge in [-0.25, -0.2) is 0 Å². The molecule has 1 heterocycles. The Balaban J connectivity index is 2.08. The maximum Gasteiger partial charge on any atom is 0.0459 e. The van der Waals surface area contributed by atoms with Crippen LogP contribution in [0.5, 0.6) is 0 Å². The Morgan fingerprint density at radius 2 is 2.16 bits per heavy atom. The van der Waals surface area contributed by atoms with Crippen molar-refractivity contribution in [2.24, 2.45) is 5.73 Å². The minimum atomic E-state index is 0.598. The fourth-order valence-corrected chi connectivity index (χ4v) is 3.06. The number of piperazine rings is 1. The van der Waals surface area contributed by atoms with Crippen LogP contribution >= 0.6 is 11.6 Å². The van der Waals surface area contributed by atoms with E-state index in [0.717, 1.165) is 43.2 Å². The van der Waals surface area contributed by atoms with E-state index in [1.807, 2.05) is 0 Å². The van der Waals surface area contributed by atoms with E-state index in [0.29, 0.717) is 12.6 Å². The van der Waals surface area contributed by atoms with Crippen molar-refractivity contribution in [3.63, 3.8) is 0 Å². The number of benzene rings is 1. The van der Waals surface area contributed by atoms with Crippen molar-refractivity contribution in [3.8, 4) is 0 Å². The van der Waals surface area contributed by atoms with Crippen LogP contribution in [0.3, 0.4) is 0 Å². The van der Waals surface area contributed by atoms with Crippen molar-refractivity contribution in [2.75, 3.05) is 37.6 Å². The summed E-state index contributed by atoms with van der Waals surface area (Å²) in [7, 11) is 0. The Hall–Kier alpha value is -0.770. The largest absolute Gasteiger partial charge is 0.369 e. The summed E-state index contributed by atoms with van der Waals surface area (Å²) in [6, 6.07) is 6.97. The summed E-state index contributed by atoms with van der Waals surface area (Å²) in [5.74, 6) is 0. The van der Waals surface area contributed by atoms with Crippen molar-refractivity contribution in [2.45, 2.75) is 26.3 Å². The normalized spacial score (nSPS) is 20.8. The standard InChI is InChI=1S/C15H24ClN3/c1-3-18-8-9-19(11-12(18)2)14-5-4-13(6-7-17)15(16)10-14/h4-5,10,12H,3,6-9,11,17H2,1-2H3. The first-order valence-electron chi connectivity index (χ1n) is 7.13. The quantitative estimate of drug-likeness (QED) is 0.920. The Morgan fingerprint density at radius 3 is 2.74 bits per heavy atom. The van der Waals surface area contributed by atoms with Gasteiger partial charge in [-0.15, -0.1) is 0 Å². The summed E-state index contributed by atoms with van der Waals surface area (Å²) < 4.78 is 0. The zero-order valence-electron chi connectivity index (χ0n) is 11.9. The van der Waals surface area contributed by atoms with Crippen molar-refractivity contribution in [3.05, 3.63) is 28.8 Å². The van der Waals surface area contributed by atoms with Crippen LogP contribution in [0.2, 0.25) is 5.02 Å². The third-order valence-electron chi connectivity index (χ3n) is 3.99. The van der Waals surface area contributed by atoms with Gasteiger partial charge in [-0.1, -0.05) is 24.6 Å². The first kappa shape index (κ1) is 14.6. The summed E-state index contributed by atoms with van der Waals surface area (Å²) >= 11 is 6.33. The fourth-order valence-electron chi connectivity index (χ4n) is 2.79. The lowest BCUT2D eigenvalue weighted by atomic mass is 10.1. The average molecular weight is 282 g/mol. The molecule has 0 bridgehead atoms. The van der Waals surface area contributed by atoms with E-state index in [4.69, 9.17) is 17.3 Å². The van der Waals surface area contributed by atoms with Crippen LogP contribution in [0.1, 0.15) is 19.4 Å². The molecule has 2 rings (SSSR count). The molecule has 0 saturated carbocycles. The van der Waals surface area contributed by atoms with Gasteiger partial charge in [0.25, 0.3) is 0 Å². The van der Waals surface area contributed by atoms with Crippen LogP contribution in [0, 0.1) is 0 Å². The molecule has 1 aromatic carbocycles. The zero-order valence-corrected chi connectivity index (χ0v) is 12.7. The highest BCUT2D eigenvalue weighted by molar-refractivity contribution is 6.31. The smallest absolute Gasteiger partial charge is 0.0459 e. The van der Waals surface area contributed by atoms with Crippen LogP contribution in [0.15, 0.2) is 18.2 Å². The van der Waals surface area contributed by atoms with Gasteiger partial charge in [0.15, 0.2) is 0 Å². The van der Waals surface area contributed by atoms with E-state index in [-0.39, 0.29) is 0 Å². The van der Waals surface area contributed by atoms with Crippen molar-refractivity contribution in [1.29, 1.82) is 0 Å². The number of nitrogens with two attached hydrogens (primary N) is 1. The molecule has 3 nitrogen and oxygen atoms in total. The van der Waals surface area contributed by atoms with Crippen LogP contribution < -0.4 is 10.6 Å². The minimum Gasteiger partial charge on any atom is -0.369 e. The minimum absolute atomic E-state index is 0.598. The van der Waals surface area contributed by atoms with Gasteiger partial charge in [0.05, 0.1) is 0 Å². The molecule has 1 atom stereocenters. The Bertz CT molecular complexity index is 422. The molecule has 1 aromatic rings. The van der Waals surface area contributed by atoms with E-state index in [1.54, 1.807) is 0 Å². The van der Waals surface area contributed by atoms with Crippen LogP contribution in [-0.4, -0.2) is 43.7 Å². The Kier molecular flexibility index (Phi) is 5.08. The summed E-state index contributed by atoms with van der Waals surface area (Å²) in [5, 5.41) is 0.841. The van der Waals surface area contributed by atoms with E-state index < -0.39 is 0 Å². The molecule has 0 amide bonds. The number of rotatable bonds is 4. The maximum absolute atomic E-state index is 6.33. The average Bonchev–Trinajstić information content (AvgIpc) is 2.41. The molecule has 1 saturated heterocycles. The SMILES string of the molecule is CCN1CCN(c2ccc(CCN)c(Cl)c2)CC1C. The monoisotopic (exact) mass is 281 g/mol. The van der Waals surface area contributed by atoms with Crippen LogP contribution in [0.4, 0.5) is 5.69 Å². The van der Waals surface area contributed by atoms with Crippen molar-refractivity contribution in [1.82, 2.24) is 4.90 Å². The molecule has 19 heavy (non-hydrogen) atoms. The molecule has 0 aliphatic carbocycles. The van der Waals surface area contributed by atoms with Crippen LogP contribution in [0.25, 0.3) is 0 Å². The lowest BCUT2D eigenvalue weighted by Crippen LogP contribution is -2.51. The summed E-state index contributed by atoms with van der Waals surface area (Å²) in [6.07, 6.45) is 0.846. The molecule has 0 radical (unpaired) electrons. The molecule has 4 heteroatoms. The van der Waals surface area contributed by atoms with E-state index in [9.17, 15) is 0 Å². The van der Waals surface area contributed by atoms with E-state index in [1.165, 1.54) is 5.69 Å². The van der Waals surface area contributed by atoms with Gasteiger partial charge in [-0.2, -0.15) is 0 Å². The molecular formula is C15H24ClN3. The fraction of sp³-hybridized carbons (Fsp3) is 0.600. The molecule has 2 N–H and O–H groups in total. The van der Waals surface area contributed by atoms with Crippen LogP contribution in [-0.2, 0) is 6.42 Å². The Morgan fingerprint density at radius 1 is 1.37 bits per heavy atom. The molecule has 106 valence electrons. The lowest BCUT2D eigenvalue weighted by molar-refractivity contribution is 0.199. The molecule has 1 aliphatic heterocycles. The summed E-state index contributed by atoms with van der Waals surface area (Å²) in [4.78, 5) is 4.94. The number of nitrogens with zero attached hydrogens (tertiary/aromatic N) is 2. The van der Waals surface area contributed by atoms with Gasteiger partial charge in [0, 0.05) is 36.4 Å². The second kappa shape index (κ2) is 6.60. The highest BCUT2D eigenvalue weighted by Crippen LogP contribution is 2.25. The zero-order chi connectivity index (χ0) is 13.8. The highest BCUT2D eigenvalue weighted by Gasteiger charge is 2.22. The first-order valence-corrected chi connectivity index (χ1v) is 7.51. The topological polar surface area (TPSA) is 32.5 Å². The second-order valence-electron chi connectivity index (χ2n) is 5.24. The lowest BCUT2D eigenvalue weighted by Gasteiger charge is -2.40. The predicted octanol–water partition coefficient (Wildman–Crippen LogP) is 2.37. The third kappa shape index (κ3) is 3.41. The number of likely N-dealkylation sites (N-methyl/N-ethyl adjacent to an activating group) is 1. The molecule has 0 spiro atoms. The second-order valence-corrected chi connectivity index (χ2v) is 5.65. The predicted molar refractivity (Wildman–Crippen MR) is 83.1 cm³/mol. The highest BCUT2D eigenvalue weighted by atomic mass is 35.5. The molecule has 1 aliphatic rings. The maximum atomic E-state index is 6.33. The summed E-state index contributed by atoms with van der Waals surface area (Å²) in [5.41, 5.74) is 7.96. The number of anilines is 1. The van der Waals surface area contributed by atoms with Gasteiger partial charge in [-0.05, 0) is 44.1 Å². The Labute approximate surface area is 121 Å². The molecule has 1 fully saturated rings. The number of halogens is 1. The van der Waals surface area contributed by atoms with Gasteiger partial charge in [0.2, 0.25) is 0 Å². The molecule has 0 aromatic heterocycles. The number of hydrogen-bond acceptors (Lipinski definition) is 3. The third-order valence-corrected chi connectivity index (χ3v) is 4.34. The van der Waals surface area contributed by atoms with Gasteiger partial charge in [-0.3, -0.25) is 4.90 Å². The van der Waals surface area contributed by atoms with Gasteiger partial charge < -0.3 is 10.6 Å².